The van der Waals surface area contributed by atoms with Crippen LogP contribution in [0.2, 0.25) is 10.0 Å². The van der Waals surface area contributed by atoms with Crippen molar-refractivity contribution in [1.29, 1.82) is 0 Å². The first-order chi connectivity index (χ1) is 8.97. The molecule has 0 radical (unpaired) electrons. The average Bonchev–Trinajstić information content (AvgIpc) is 2.83. The number of hydrogen-bond donors (Lipinski definition) is 1. The highest BCUT2D eigenvalue weighted by Crippen LogP contribution is 2.23. The third kappa shape index (κ3) is 3.39. The van der Waals surface area contributed by atoms with Crippen molar-refractivity contribution in [2.75, 3.05) is 13.1 Å². The van der Waals surface area contributed by atoms with Crippen LogP contribution in [-0.4, -0.2) is 35.0 Å². The summed E-state index contributed by atoms with van der Waals surface area (Å²) in [7, 11) is 0. The summed E-state index contributed by atoms with van der Waals surface area (Å²) in [6, 6.07) is 4.97. The van der Waals surface area contributed by atoms with E-state index < -0.39 is 11.9 Å². The number of rotatable bonds is 3. The lowest BCUT2D eigenvalue weighted by Crippen LogP contribution is -2.31. The van der Waals surface area contributed by atoms with Gasteiger partial charge in [0.25, 0.3) is 0 Å². The SMILES string of the molecule is O=C(O)[C@H]1CCN(C(=O)Cc2cc(Cl)ccc2Cl)C1. The molecule has 102 valence electrons. The minimum absolute atomic E-state index is 0.118. The van der Waals surface area contributed by atoms with E-state index in [1.165, 1.54) is 0 Å². The molecule has 1 saturated heterocycles. The Hall–Kier alpha value is -1.26. The molecule has 1 aromatic rings. The van der Waals surface area contributed by atoms with Crippen molar-refractivity contribution >= 4 is 35.1 Å². The van der Waals surface area contributed by atoms with Gasteiger partial charge in [0.05, 0.1) is 12.3 Å². The van der Waals surface area contributed by atoms with Crippen molar-refractivity contribution in [1.82, 2.24) is 4.90 Å². The molecule has 0 saturated carbocycles. The zero-order valence-electron chi connectivity index (χ0n) is 10.1. The second-order valence-corrected chi connectivity index (χ2v) is 5.42. The number of aliphatic carboxylic acids is 1. The molecule has 1 N–H and O–H groups in total. The molecule has 1 fully saturated rings. The highest BCUT2D eigenvalue weighted by atomic mass is 35.5. The Morgan fingerprint density at radius 2 is 2.11 bits per heavy atom. The number of benzene rings is 1. The first-order valence-electron chi connectivity index (χ1n) is 5.92. The maximum Gasteiger partial charge on any atom is 0.308 e. The van der Waals surface area contributed by atoms with E-state index in [4.69, 9.17) is 28.3 Å². The van der Waals surface area contributed by atoms with Gasteiger partial charge in [-0.05, 0) is 30.2 Å². The molecule has 2 rings (SSSR count). The highest BCUT2D eigenvalue weighted by molar-refractivity contribution is 6.33. The van der Waals surface area contributed by atoms with Gasteiger partial charge in [0.2, 0.25) is 5.91 Å². The molecular weight excluding hydrogens is 289 g/mol. The van der Waals surface area contributed by atoms with Gasteiger partial charge in [-0.3, -0.25) is 9.59 Å². The van der Waals surface area contributed by atoms with Gasteiger partial charge in [0.1, 0.15) is 0 Å². The molecule has 0 unspecified atom stereocenters. The Balaban J connectivity index is 2.02. The Labute approximate surface area is 120 Å². The quantitative estimate of drug-likeness (QED) is 0.933. The molecule has 1 aliphatic rings. The van der Waals surface area contributed by atoms with E-state index in [1.807, 2.05) is 0 Å². The van der Waals surface area contributed by atoms with Crippen molar-refractivity contribution < 1.29 is 14.7 Å². The van der Waals surface area contributed by atoms with Gasteiger partial charge in [0.15, 0.2) is 0 Å². The lowest BCUT2D eigenvalue weighted by Gasteiger charge is -2.16. The Bertz CT molecular complexity index is 519. The van der Waals surface area contributed by atoms with Crippen LogP contribution in [-0.2, 0) is 16.0 Å². The maximum atomic E-state index is 12.1. The molecule has 1 heterocycles. The van der Waals surface area contributed by atoms with Crippen molar-refractivity contribution in [2.24, 2.45) is 5.92 Å². The van der Waals surface area contributed by atoms with Gasteiger partial charge in [-0.1, -0.05) is 23.2 Å². The van der Waals surface area contributed by atoms with Gasteiger partial charge < -0.3 is 10.0 Å². The van der Waals surface area contributed by atoms with E-state index in [1.54, 1.807) is 23.1 Å². The van der Waals surface area contributed by atoms with Gasteiger partial charge in [0, 0.05) is 23.1 Å². The Kier molecular flexibility index (Phi) is 4.32. The van der Waals surface area contributed by atoms with Gasteiger partial charge in [-0.15, -0.1) is 0 Å². The van der Waals surface area contributed by atoms with Crippen LogP contribution < -0.4 is 0 Å². The summed E-state index contributed by atoms with van der Waals surface area (Å²) in [6.45, 7) is 0.750. The summed E-state index contributed by atoms with van der Waals surface area (Å²) < 4.78 is 0. The lowest BCUT2D eigenvalue weighted by molar-refractivity contribution is -0.141. The molecular formula is C13H13Cl2NO3. The summed E-state index contributed by atoms with van der Waals surface area (Å²) in [5, 5.41) is 9.92. The number of amides is 1. The molecule has 0 spiro atoms. The number of halogens is 2. The summed E-state index contributed by atoms with van der Waals surface area (Å²) in [5.41, 5.74) is 0.665. The van der Waals surface area contributed by atoms with Crippen LogP contribution in [0.5, 0.6) is 0 Å². The number of carboxylic acids is 1. The van der Waals surface area contributed by atoms with E-state index in [-0.39, 0.29) is 18.9 Å². The third-order valence-electron chi connectivity index (χ3n) is 3.24. The standard InChI is InChI=1S/C13H13Cl2NO3/c14-10-1-2-11(15)9(5-10)6-12(17)16-4-3-8(7-16)13(18)19/h1-2,5,8H,3-4,6-7H2,(H,18,19)/t8-/m0/s1. The number of carbonyl (C=O) groups excluding carboxylic acids is 1. The molecule has 0 aromatic heterocycles. The molecule has 1 aromatic carbocycles. The number of carbonyl (C=O) groups is 2. The smallest absolute Gasteiger partial charge is 0.308 e. The monoisotopic (exact) mass is 301 g/mol. The molecule has 1 atom stereocenters. The second kappa shape index (κ2) is 5.80. The van der Waals surface area contributed by atoms with Crippen LogP contribution in [0.25, 0.3) is 0 Å². The zero-order valence-corrected chi connectivity index (χ0v) is 11.6. The normalized spacial score (nSPS) is 18.6. The minimum Gasteiger partial charge on any atom is -0.481 e. The van der Waals surface area contributed by atoms with Crippen molar-refractivity contribution in [3.63, 3.8) is 0 Å². The van der Waals surface area contributed by atoms with Crippen LogP contribution in [0.4, 0.5) is 0 Å². The lowest BCUT2D eigenvalue weighted by atomic mass is 10.1. The maximum absolute atomic E-state index is 12.1. The molecule has 0 bridgehead atoms. The van der Waals surface area contributed by atoms with E-state index in [0.29, 0.717) is 28.6 Å². The number of nitrogens with zero attached hydrogens (tertiary/aromatic N) is 1. The van der Waals surface area contributed by atoms with Crippen LogP contribution in [0.1, 0.15) is 12.0 Å². The van der Waals surface area contributed by atoms with Gasteiger partial charge >= 0.3 is 5.97 Å². The summed E-state index contributed by atoms with van der Waals surface area (Å²) in [5.74, 6) is -1.43. The second-order valence-electron chi connectivity index (χ2n) is 4.58. The zero-order chi connectivity index (χ0) is 14.0. The first-order valence-corrected chi connectivity index (χ1v) is 6.67. The van der Waals surface area contributed by atoms with Crippen LogP contribution >= 0.6 is 23.2 Å². The fourth-order valence-corrected chi connectivity index (χ4v) is 2.52. The topological polar surface area (TPSA) is 57.6 Å². The fraction of sp³-hybridized carbons (Fsp3) is 0.385. The highest BCUT2D eigenvalue weighted by Gasteiger charge is 2.30. The minimum atomic E-state index is -0.851. The van der Waals surface area contributed by atoms with Gasteiger partial charge in [-0.25, -0.2) is 0 Å². The molecule has 6 heteroatoms. The van der Waals surface area contributed by atoms with Crippen LogP contribution in [0.3, 0.4) is 0 Å². The summed E-state index contributed by atoms with van der Waals surface area (Å²) >= 11 is 11.9. The van der Waals surface area contributed by atoms with Crippen LogP contribution in [0, 0.1) is 5.92 Å². The van der Waals surface area contributed by atoms with Crippen molar-refractivity contribution in [3.8, 4) is 0 Å². The predicted octanol–water partition coefficient (Wildman–Crippen LogP) is 2.47. The van der Waals surface area contributed by atoms with E-state index in [2.05, 4.69) is 0 Å². The van der Waals surface area contributed by atoms with E-state index in [0.717, 1.165) is 0 Å². The number of likely N-dealkylation sites (tertiary alicyclic amines) is 1. The molecule has 0 aliphatic carbocycles. The largest absolute Gasteiger partial charge is 0.481 e. The van der Waals surface area contributed by atoms with E-state index >= 15 is 0 Å². The number of carboxylic acid groups (broad SMARTS) is 1. The average molecular weight is 302 g/mol. The number of hydrogen-bond acceptors (Lipinski definition) is 2. The Morgan fingerprint density at radius 1 is 1.37 bits per heavy atom. The summed E-state index contributed by atoms with van der Waals surface area (Å²) in [4.78, 5) is 24.5. The predicted molar refractivity (Wildman–Crippen MR) is 72.5 cm³/mol. The molecule has 1 aliphatic heterocycles. The Morgan fingerprint density at radius 3 is 2.74 bits per heavy atom. The first kappa shape index (κ1) is 14.2. The summed E-state index contributed by atoms with van der Waals surface area (Å²) in [6.07, 6.45) is 0.649. The third-order valence-corrected chi connectivity index (χ3v) is 3.84. The van der Waals surface area contributed by atoms with Crippen molar-refractivity contribution in [2.45, 2.75) is 12.8 Å². The molecule has 4 nitrogen and oxygen atoms in total. The molecule has 1 amide bonds. The van der Waals surface area contributed by atoms with Gasteiger partial charge in [-0.2, -0.15) is 0 Å². The van der Waals surface area contributed by atoms with E-state index in [9.17, 15) is 9.59 Å². The van der Waals surface area contributed by atoms with Crippen molar-refractivity contribution in [3.05, 3.63) is 33.8 Å². The molecule has 19 heavy (non-hydrogen) atoms. The fourth-order valence-electron chi connectivity index (χ4n) is 2.14. The van der Waals surface area contributed by atoms with Crippen LogP contribution in [0.15, 0.2) is 18.2 Å².